The van der Waals surface area contributed by atoms with Crippen molar-refractivity contribution in [3.63, 3.8) is 0 Å². The Bertz CT molecular complexity index is 1170. The van der Waals surface area contributed by atoms with E-state index in [-0.39, 0.29) is 17.9 Å². The summed E-state index contributed by atoms with van der Waals surface area (Å²) in [6, 6.07) is 20.8. The van der Waals surface area contributed by atoms with Gasteiger partial charge in [-0.3, -0.25) is 9.59 Å². The molecule has 0 saturated carbocycles. The minimum atomic E-state index is -0.516. The largest absolute Gasteiger partial charge is 0.330 e. The van der Waals surface area contributed by atoms with Crippen LogP contribution in [0.2, 0.25) is 5.02 Å². The van der Waals surface area contributed by atoms with E-state index in [4.69, 9.17) is 11.6 Å². The molecule has 1 N–H and O–H groups in total. The molecule has 0 spiro atoms. The van der Waals surface area contributed by atoms with Gasteiger partial charge in [-0.05, 0) is 53.8 Å². The van der Waals surface area contributed by atoms with Gasteiger partial charge in [0.05, 0.1) is 22.7 Å². The van der Waals surface area contributed by atoms with E-state index in [1.54, 1.807) is 0 Å². The number of benzene rings is 3. The van der Waals surface area contributed by atoms with Gasteiger partial charge in [0.25, 0.3) is 5.91 Å². The molecule has 0 radical (unpaired) electrons. The van der Waals surface area contributed by atoms with Gasteiger partial charge in [0, 0.05) is 12.1 Å². The Hall–Kier alpha value is -3.11. The van der Waals surface area contributed by atoms with Crippen LogP contribution in [0.4, 0.5) is 5.69 Å². The number of anilines is 1. The molecule has 150 valence electrons. The molecule has 0 saturated heterocycles. The molecule has 0 unspecified atom stereocenters. The highest BCUT2D eigenvalue weighted by molar-refractivity contribution is 6.33. The molecule has 0 fully saturated rings. The van der Waals surface area contributed by atoms with Crippen LogP contribution in [0.25, 0.3) is 0 Å². The zero-order valence-corrected chi connectivity index (χ0v) is 17.3. The van der Waals surface area contributed by atoms with E-state index in [9.17, 15) is 9.59 Å². The van der Waals surface area contributed by atoms with Crippen molar-refractivity contribution in [3.8, 4) is 0 Å². The molecule has 5 rings (SSSR count). The second-order valence-electron chi connectivity index (χ2n) is 7.93. The zero-order valence-electron chi connectivity index (χ0n) is 16.6. The Morgan fingerprint density at radius 1 is 1.03 bits per heavy atom. The second kappa shape index (κ2) is 7.29. The summed E-state index contributed by atoms with van der Waals surface area (Å²) in [6.45, 7) is 2.56. The SMILES string of the molecule is Cc1ccc(NC(=O)[C@H]2c3ccccc3C(=O)N3CCc4ccccc4[C@H]23)c(Cl)c1. The maximum absolute atomic E-state index is 13.6. The van der Waals surface area contributed by atoms with Crippen molar-refractivity contribution >= 4 is 29.1 Å². The number of hydrogen-bond donors (Lipinski definition) is 1. The summed E-state index contributed by atoms with van der Waals surface area (Å²) < 4.78 is 0. The molecule has 0 aliphatic carbocycles. The molecule has 2 aliphatic rings. The number of nitrogens with one attached hydrogen (secondary N) is 1. The molecule has 2 atom stereocenters. The van der Waals surface area contributed by atoms with Crippen molar-refractivity contribution in [2.75, 3.05) is 11.9 Å². The number of carbonyl (C=O) groups is 2. The summed E-state index contributed by atoms with van der Waals surface area (Å²) in [4.78, 5) is 28.7. The van der Waals surface area contributed by atoms with E-state index in [0.717, 1.165) is 23.1 Å². The molecular formula is C25H21ClN2O2. The third-order valence-electron chi connectivity index (χ3n) is 6.10. The highest BCUT2D eigenvalue weighted by Gasteiger charge is 2.46. The van der Waals surface area contributed by atoms with E-state index < -0.39 is 5.92 Å². The standard InChI is InChI=1S/C25H21ClN2O2/c1-15-10-11-21(20(26)14-15)27-24(29)22-18-8-4-5-9-19(18)25(30)28-13-12-16-6-2-3-7-17(16)23(22)28/h2-11,14,22-23H,12-13H2,1H3,(H,27,29)/t22-,23+/m0/s1. The van der Waals surface area contributed by atoms with Crippen LogP contribution in [0.1, 0.15) is 44.6 Å². The van der Waals surface area contributed by atoms with Crippen molar-refractivity contribution < 1.29 is 9.59 Å². The number of hydrogen-bond acceptors (Lipinski definition) is 2. The fraction of sp³-hybridized carbons (Fsp3) is 0.200. The van der Waals surface area contributed by atoms with Gasteiger partial charge in [-0.1, -0.05) is 60.1 Å². The van der Waals surface area contributed by atoms with Gasteiger partial charge < -0.3 is 10.2 Å². The predicted molar refractivity (Wildman–Crippen MR) is 118 cm³/mol. The maximum atomic E-state index is 13.6. The molecule has 0 aromatic heterocycles. The number of halogens is 1. The van der Waals surface area contributed by atoms with Crippen LogP contribution in [0, 0.1) is 6.92 Å². The molecule has 2 heterocycles. The summed E-state index contributed by atoms with van der Waals surface area (Å²) in [6.07, 6.45) is 0.790. The number of amides is 2. The average molecular weight is 417 g/mol. The van der Waals surface area contributed by atoms with Gasteiger partial charge in [-0.25, -0.2) is 0 Å². The average Bonchev–Trinajstić information content (AvgIpc) is 2.76. The van der Waals surface area contributed by atoms with E-state index in [2.05, 4.69) is 11.4 Å². The first-order valence-electron chi connectivity index (χ1n) is 10.1. The summed E-state index contributed by atoms with van der Waals surface area (Å²) in [5.74, 6) is -0.687. The molecule has 30 heavy (non-hydrogen) atoms. The summed E-state index contributed by atoms with van der Waals surface area (Å²) in [5.41, 5.74) is 5.21. The van der Waals surface area contributed by atoms with E-state index in [1.807, 2.05) is 72.5 Å². The van der Waals surface area contributed by atoms with Crippen LogP contribution < -0.4 is 5.32 Å². The van der Waals surface area contributed by atoms with Crippen LogP contribution in [-0.2, 0) is 11.2 Å². The number of fused-ring (bicyclic) bond motifs is 4. The summed E-state index contributed by atoms with van der Waals surface area (Å²) in [5, 5.41) is 3.52. The minimum Gasteiger partial charge on any atom is -0.330 e. The molecule has 5 heteroatoms. The molecular weight excluding hydrogens is 396 g/mol. The summed E-state index contributed by atoms with van der Waals surface area (Å²) >= 11 is 6.38. The van der Waals surface area contributed by atoms with Crippen molar-refractivity contribution in [1.29, 1.82) is 0 Å². The predicted octanol–water partition coefficient (Wildman–Crippen LogP) is 5.12. The Morgan fingerprint density at radius 3 is 2.57 bits per heavy atom. The van der Waals surface area contributed by atoms with E-state index in [0.29, 0.717) is 22.8 Å². The van der Waals surface area contributed by atoms with Crippen LogP contribution in [0.3, 0.4) is 0 Å². The van der Waals surface area contributed by atoms with Gasteiger partial charge >= 0.3 is 0 Å². The molecule has 4 nitrogen and oxygen atoms in total. The first-order chi connectivity index (χ1) is 14.5. The molecule has 2 amide bonds. The van der Waals surface area contributed by atoms with Gasteiger partial charge in [-0.15, -0.1) is 0 Å². The van der Waals surface area contributed by atoms with Crippen molar-refractivity contribution in [2.45, 2.75) is 25.3 Å². The lowest BCUT2D eigenvalue weighted by Crippen LogP contribution is -2.49. The summed E-state index contributed by atoms with van der Waals surface area (Å²) in [7, 11) is 0. The fourth-order valence-electron chi connectivity index (χ4n) is 4.69. The van der Waals surface area contributed by atoms with Gasteiger partial charge in [0.2, 0.25) is 5.91 Å². The van der Waals surface area contributed by atoms with Crippen LogP contribution in [-0.4, -0.2) is 23.3 Å². The highest BCUT2D eigenvalue weighted by Crippen LogP contribution is 2.46. The fourth-order valence-corrected chi connectivity index (χ4v) is 4.97. The first kappa shape index (κ1) is 18.9. The number of rotatable bonds is 2. The Balaban J connectivity index is 1.63. The molecule has 3 aromatic carbocycles. The third-order valence-corrected chi connectivity index (χ3v) is 6.41. The monoisotopic (exact) mass is 416 g/mol. The number of aryl methyl sites for hydroxylation is 1. The van der Waals surface area contributed by atoms with Crippen LogP contribution in [0.15, 0.2) is 66.7 Å². The van der Waals surface area contributed by atoms with Crippen molar-refractivity contribution in [1.82, 2.24) is 4.90 Å². The second-order valence-corrected chi connectivity index (χ2v) is 8.34. The Kier molecular flexibility index (Phi) is 4.59. The Morgan fingerprint density at radius 2 is 1.77 bits per heavy atom. The smallest absolute Gasteiger partial charge is 0.254 e. The lowest BCUT2D eigenvalue weighted by molar-refractivity contribution is -0.119. The van der Waals surface area contributed by atoms with Gasteiger partial charge in [0.1, 0.15) is 0 Å². The molecule has 3 aromatic rings. The quantitative estimate of drug-likeness (QED) is 0.630. The van der Waals surface area contributed by atoms with Crippen LogP contribution >= 0.6 is 11.6 Å². The van der Waals surface area contributed by atoms with Gasteiger partial charge in [0.15, 0.2) is 0 Å². The molecule has 0 bridgehead atoms. The Labute approximate surface area is 180 Å². The van der Waals surface area contributed by atoms with Gasteiger partial charge in [-0.2, -0.15) is 0 Å². The minimum absolute atomic E-state index is 0.0116. The maximum Gasteiger partial charge on any atom is 0.254 e. The third kappa shape index (κ3) is 2.99. The normalized spacial score (nSPS) is 19.5. The van der Waals surface area contributed by atoms with E-state index >= 15 is 0 Å². The van der Waals surface area contributed by atoms with Crippen molar-refractivity contribution in [3.05, 3.63) is 99.6 Å². The highest BCUT2D eigenvalue weighted by atomic mass is 35.5. The number of nitrogens with zero attached hydrogens (tertiary/aromatic N) is 1. The lowest BCUT2D eigenvalue weighted by Gasteiger charge is -2.45. The first-order valence-corrected chi connectivity index (χ1v) is 10.5. The van der Waals surface area contributed by atoms with Crippen LogP contribution in [0.5, 0.6) is 0 Å². The zero-order chi connectivity index (χ0) is 20.8. The number of carbonyl (C=O) groups excluding carboxylic acids is 2. The van der Waals surface area contributed by atoms with Crippen molar-refractivity contribution in [2.24, 2.45) is 0 Å². The lowest BCUT2D eigenvalue weighted by atomic mass is 9.76. The molecule has 2 aliphatic heterocycles. The van der Waals surface area contributed by atoms with E-state index in [1.165, 1.54) is 5.56 Å². The topological polar surface area (TPSA) is 49.4 Å².